The summed E-state index contributed by atoms with van der Waals surface area (Å²) in [7, 11) is 0. The van der Waals surface area contributed by atoms with Crippen molar-refractivity contribution in [1.82, 2.24) is 10.6 Å². The van der Waals surface area contributed by atoms with Gasteiger partial charge >= 0.3 is 0 Å². The highest BCUT2D eigenvalue weighted by Crippen LogP contribution is 2.19. The Balaban J connectivity index is 1.83. The lowest BCUT2D eigenvalue weighted by Crippen LogP contribution is -2.48. The summed E-state index contributed by atoms with van der Waals surface area (Å²) in [6.45, 7) is 1.34. The van der Waals surface area contributed by atoms with E-state index in [9.17, 15) is 0 Å². The summed E-state index contributed by atoms with van der Waals surface area (Å²) in [4.78, 5) is 4.60. The van der Waals surface area contributed by atoms with Crippen LogP contribution in [0.15, 0.2) is 4.99 Å². The normalized spacial score (nSPS) is 21.9. The van der Waals surface area contributed by atoms with Gasteiger partial charge in [-0.3, -0.25) is 4.99 Å². The van der Waals surface area contributed by atoms with Gasteiger partial charge in [0.2, 0.25) is 0 Å². The Bertz CT molecular complexity index is 243. The predicted octanol–water partition coefficient (Wildman–Crippen LogP) is 2.15. The second-order valence-electron chi connectivity index (χ2n) is 5.98. The Hall–Kier alpha value is -0.770. The first-order valence-corrected chi connectivity index (χ1v) is 8.16. The van der Waals surface area contributed by atoms with Gasteiger partial charge in [-0.25, -0.2) is 0 Å². The quantitative estimate of drug-likeness (QED) is 0.540. The van der Waals surface area contributed by atoms with Crippen molar-refractivity contribution in [1.29, 1.82) is 0 Å². The smallest absolute Gasteiger partial charge is 0.191 e. The first-order chi connectivity index (χ1) is 9.38. The van der Waals surface area contributed by atoms with E-state index in [1.54, 1.807) is 0 Å². The minimum absolute atomic E-state index is 0.612. The number of nitrogens with zero attached hydrogens (tertiary/aromatic N) is 1. The number of rotatable bonds is 4. The molecule has 0 aromatic carbocycles. The van der Waals surface area contributed by atoms with Crippen molar-refractivity contribution in [3.63, 3.8) is 0 Å². The Morgan fingerprint density at radius 1 is 0.842 bits per heavy atom. The lowest BCUT2D eigenvalue weighted by atomic mass is 9.95. The van der Waals surface area contributed by atoms with Crippen LogP contribution in [0.3, 0.4) is 0 Å². The third-order valence-corrected chi connectivity index (χ3v) is 4.29. The third kappa shape index (κ3) is 5.39. The van der Waals surface area contributed by atoms with E-state index in [4.69, 9.17) is 5.73 Å². The summed E-state index contributed by atoms with van der Waals surface area (Å²) in [5.41, 5.74) is 5.58. The molecule has 2 rings (SSSR count). The van der Waals surface area contributed by atoms with Gasteiger partial charge in [0.05, 0.1) is 6.54 Å². The summed E-state index contributed by atoms with van der Waals surface area (Å²) in [5, 5.41) is 7.24. The van der Waals surface area contributed by atoms with Crippen LogP contribution in [0, 0.1) is 0 Å². The fourth-order valence-corrected chi connectivity index (χ4v) is 3.19. The molecule has 2 aliphatic carbocycles. The van der Waals surface area contributed by atoms with Crippen LogP contribution in [-0.4, -0.2) is 31.1 Å². The molecule has 0 atom stereocenters. The zero-order chi connectivity index (χ0) is 13.3. The van der Waals surface area contributed by atoms with Crippen LogP contribution in [0.5, 0.6) is 0 Å². The zero-order valence-corrected chi connectivity index (χ0v) is 12.2. The van der Waals surface area contributed by atoms with Gasteiger partial charge in [-0.1, -0.05) is 38.5 Å². The van der Waals surface area contributed by atoms with Crippen molar-refractivity contribution in [2.45, 2.75) is 76.3 Å². The average Bonchev–Trinajstić information content (AvgIpc) is 2.47. The fraction of sp³-hybridized carbons (Fsp3) is 0.933. The molecule has 2 aliphatic rings. The average molecular weight is 266 g/mol. The number of hydrogen-bond acceptors (Lipinski definition) is 2. The molecule has 0 heterocycles. The van der Waals surface area contributed by atoms with E-state index in [0.29, 0.717) is 18.6 Å². The van der Waals surface area contributed by atoms with E-state index in [0.717, 1.165) is 12.5 Å². The second kappa shape index (κ2) is 8.41. The van der Waals surface area contributed by atoms with Gasteiger partial charge < -0.3 is 16.4 Å². The Morgan fingerprint density at radius 3 is 1.74 bits per heavy atom. The maximum absolute atomic E-state index is 5.58. The van der Waals surface area contributed by atoms with E-state index in [-0.39, 0.29) is 0 Å². The maximum Gasteiger partial charge on any atom is 0.191 e. The molecular formula is C15H30N4. The number of nitrogens with two attached hydrogens (primary N) is 1. The van der Waals surface area contributed by atoms with Crippen LogP contribution in [0.25, 0.3) is 0 Å². The summed E-state index contributed by atoms with van der Waals surface area (Å²) < 4.78 is 0. The molecule has 4 N–H and O–H groups in total. The Morgan fingerprint density at radius 2 is 1.32 bits per heavy atom. The van der Waals surface area contributed by atoms with E-state index in [1.165, 1.54) is 64.2 Å². The molecular weight excluding hydrogens is 236 g/mol. The minimum Gasteiger partial charge on any atom is -0.354 e. The van der Waals surface area contributed by atoms with Gasteiger partial charge in [0.15, 0.2) is 5.96 Å². The highest BCUT2D eigenvalue weighted by molar-refractivity contribution is 5.80. The molecule has 2 fully saturated rings. The molecule has 4 heteroatoms. The molecule has 4 nitrogen and oxygen atoms in total. The molecule has 0 bridgehead atoms. The second-order valence-corrected chi connectivity index (χ2v) is 5.98. The van der Waals surface area contributed by atoms with Crippen molar-refractivity contribution in [2.24, 2.45) is 10.7 Å². The van der Waals surface area contributed by atoms with Gasteiger partial charge in [0, 0.05) is 18.6 Å². The molecule has 2 saturated carbocycles. The monoisotopic (exact) mass is 266 g/mol. The highest BCUT2D eigenvalue weighted by Gasteiger charge is 2.18. The lowest BCUT2D eigenvalue weighted by Gasteiger charge is -2.29. The number of guanidine groups is 1. The molecule has 0 aromatic heterocycles. The van der Waals surface area contributed by atoms with Crippen LogP contribution in [0.1, 0.15) is 64.2 Å². The van der Waals surface area contributed by atoms with Crippen LogP contribution in [0.2, 0.25) is 0 Å². The van der Waals surface area contributed by atoms with Crippen LogP contribution >= 0.6 is 0 Å². The van der Waals surface area contributed by atoms with E-state index < -0.39 is 0 Å². The van der Waals surface area contributed by atoms with Crippen LogP contribution in [0.4, 0.5) is 0 Å². The topological polar surface area (TPSA) is 62.4 Å². The fourth-order valence-electron chi connectivity index (χ4n) is 3.19. The minimum atomic E-state index is 0.612. The largest absolute Gasteiger partial charge is 0.354 e. The Kier molecular flexibility index (Phi) is 6.48. The highest BCUT2D eigenvalue weighted by atomic mass is 15.2. The SMILES string of the molecule is NCCN=C(NC1CCCCC1)NC1CCCCC1. The standard InChI is InChI=1S/C15H30N4/c16-11-12-17-15(18-13-7-3-1-4-8-13)19-14-9-5-2-6-10-14/h13-14H,1-12,16H2,(H2,17,18,19). The van der Waals surface area contributed by atoms with Gasteiger partial charge in [-0.2, -0.15) is 0 Å². The van der Waals surface area contributed by atoms with Gasteiger partial charge in [0.1, 0.15) is 0 Å². The van der Waals surface area contributed by atoms with Crippen molar-refractivity contribution in [3.8, 4) is 0 Å². The molecule has 0 saturated heterocycles. The predicted molar refractivity (Wildman–Crippen MR) is 81.4 cm³/mol. The maximum atomic E-state index is 5.58. The van der Waals surface area contributed by atoms with Crippen molar-refractivity contribution < 1.29 is 0 Å². The van der Waals surface area contributed by atoms with Crippen molar-refractivity contribution >= 4 is 5.96 Å². The van der Waals surface area contributed by atoms with E-state index in [2.05, 4.69) is 15.6 Å². The van der Waals surface area contributed by atoms with Gasteiger partial charge in [0.25, 0.3) is 0 Å². The summed E-state index contributed by atoms with van der Waals surface area (Å²) >= 11 is 0. The summed E-state index contributed by atoms with van der Waals surface area (Å²) in [6, 6.07) is 1.22. The molecule has 0 unspecified atom stereocenters. The summed E-state index contributed by atoms with van der Waals surface area (Å²) in [6.07, 6.45) is 13.3. The zero-order valence-electron chi connectivity index (χ0n) is 12.2. The molecule has 0 radical (unpaired) electrons. The molecule has 0 spiro atoms. The van der Waals surface area contributed by atoms with Gasteiger partial charge in [-0.05, 0) is 25.7 Å². The van der Waals surface area contributed by atoms with Crippen molar-refractivity contribution in [2.75, 3.05) is 13.1 Å². The third-order valence-electron chi connectivity index (χ3n) is 4.29. The van der Waals surface area contributed by atoms with Crippen molar-refractivity contribution in [3.05, 3.63) is 0 Å². The van der Waals surface area contributed by atoms with E-state index >= 15 is 0 Å². The van der Waals surface area contributed by atoms with Gasteiger partial charge in [-0.15, -0.1) is 0 Å². The van der Waals surface area contributed by atoms with Crippen LogP contribution in [-0.2, 0) is 0 Å². The number of nitrogens with one attached hydrogen (secondary N) is 2. The molecule has 0 aliphatic heterocycles. The van der Waals surface area contributed by atoms with Crippen LogP contribution < -0.4 is 16.4 Å². The summed E-state index contributed by atoms with van der Waals surface area (Å²) in [5.74, 6) is 1.00. The lowest BCUT2D eigenvalue weighted by molar-refractivity contribution is 0.389. The molecule has 110 valence electrons. The van der Waals surface area contributed by atoms with E-state index in [1.807, 2.05) is 0 Å². The Labute approximate surface area is 117 Å². The number of hydrogen-bond donors (Lipinski definition) is 3. The number of aliphatic imine (C=N–C) groups is 1. The first-order valence-electron chi connectivity index (χ1n) is 8.16. The molecule has 0 aromatic rings. The molecule has 19 heavy (non-hydrogen) atoms. The molecule has 0 amide bonds. The first kappa shape index (κ1) is 14.6.